The Kier molecular flexibility index (Phi) is 9.65. The van der Waals surface area contributed by atoms with E-state index >= 15 is 0 Å². The summed E-state index contributed by atoms with van der Waals surface area (Å²) in [6, 6.07) is 0. The van der Waals surface area contributed by atoms with Crippen molar-refractivity contribution < 1.29 is 4.74 Å². The number of hydrogen-bond donors (Lipinski definition) is 1. The largest absolute Gasteiger partial charge is 0.344 e. The van der Waals surface area contributed by atoms with E-state index in [1.165, 1.54) is 12.8 Å². The van der Waals surface area contributed by atoms with Crippen molar-refractivity contribution in [1.29, 1.82) is 0 Å². The van der Waals surface area contributed by atoms with Gasteiger partial charge in [-0.15, -0.1) is 0 Å². The van der Waals surface area contributed by atoms with Crippen molar-refractivity contribution in [1.82, 2.24) is 5.32 Å². The fraction of sp³-hybridized carbons (Fsp3) is 1.00. The predicted molar refractivity (Wildman–Crippen MR) is 60.7 cm³/mol. The Morgan fingerprint density at radius 3 is 2.80 bits per heavy atom. The molecular weight excluding hydrogens is 356 g/mol. The summed E-state index contributed by atoms with van der Waals surface area (Å²) < 4.78 is 6.19. The van der Waals surface area contributed by atoms with Crippen molar-refractivity contribution in [2.45, 2.75) is 24.0 Å². The molecule has 10 heavy (non-hydrogen) atoms. The maximum absolute atomic E-state index is 5.25. The maximum Gasteiger partial charge on any atom is 0.161 e. The molecule has 0 aliphatic rings. The second kappa shape index (κ2) is 8.48. The first-order valence-electron chi connectivity index (χ1n) is 3.36. The molecule has 0 aliphatic carbocycles. The second-order valence-electron chi connectivity index (χ2n) is 1.90. The summed E-state index contributed by atoms with van der Waals surface area (Å²) in [6.45, 7) is 3.24. The van der Waals surface area contributed by atoms with Gasteiger partial charge in [-0.05, 0) is 35.6 Å². The van der Waals surface area contributed by atoms with Gasteiger partial charge in [0.05, 0.1) is 0 Å². The third-order valence-electron chi connectivity index (χ3n) is 1.04. The Balaban J connectivity index is 2.97. The predicted octanol–water partition coefficient (Wildman–Crippen LogP) is 2.50. The second-order valence-corrected chi connectivity index (χ2v) is 3.65. The van der Waals surface area contributed by atoms with Crippen molar-refractivity contribution >= 4 is 45.2 Å². The van der Waals surface area contributed by atoms with Gasteiger partial charge in [-0.3, -0.25) is 5.32 Å². The minimum absolute atomic E-state index is 0.182. The summed E-state index contributed by atoms with van der Waals surface area (Å²) in [5.74, 6) is 0. The molecule has 62 valence electrons. The van der Waals surface area contributed by atoms with Crippen molar-refractivity contribution in [2.75, 3.05) is 11.2 Å². The van der Waals surface area contributed by atoms with Crippen LogP contribution < -0.4 is 5.32 Å². The highest BCUT2D eigenvalue weighted by Gasteiger charge is 1.98. The van der Waals surface area contributed by atoms with Crippen LogP contribution in [0.15, 0.2) is 0 Å². The lowest BCUT2D eigenvalue weighted by molar-refractivity contribution is 0.152. The summed E-state index contributed by atoms with van der Waals surface area (Å²) in [5.41, 5.74) is 0. The van der Waals surface area contributed by atoms with Gasteiger partial charge in [0.25, 0.3) is 0 Å². The molecule has 0 bridgehead atoms. The summed E-state index contributed by atoms with van der Waals surface area (Å²) in [5, 5.41) is 3.24. The molecule has 0 fully saturated rings. The lowest BCUT2D eigenvalue weighted by atomic mass is 10.3. The van der Waals surface area contributed by atoms with Crippen LogP contribution in [0.5, 0.6) is 0 Å². The van der Waals surface area contributed by atoms with Gasteiger partial charge in [0.1, 0.15) is 4.61 Å². The van der Waals surface area contributed by atoms with Gasteiger partial charge in [0.2, 0.25) is 0 Å². The van der Waals surface area contributed by atoms with E-state index in [9.17, 15) is 0 Å². The van der Waals surface area contributed by atoms with Gasteiger partial charge in [0, 0.05) is 0 Å². The van der Waals surface area contributed by atoms with E-state index in [1.807, 2.05) is 0 Å². The molecule has 0 saturated carbocycles. The number of ether oxygens (including phenoxy) is 1. The quantitative estimate of drug-likeness (QED) is 0.256. The van der Waals surface area contributed by atoms with Gasteiger partial charge in [-0.25, -0.2) is 0 Å². The molecule has 0 spiro atoms. The van der Waals surface area contributed by atoms with Crippen LogP contribution in [0.1, 0.15) is 19.8 Å². The van der Waals surface area contributed by atoms with Crippen molar-refractivity contribution in [3.05, 3.63) is 0 Å². The fourth-order valence-electron chi connectivity index (χ4n) is 0.507. The lowest BCUT2D eigenvalue weighted by Gasteiger charge is -2.10. The van der Waals surface area contributed by atoms with Crippen LogP contribution in [0.25, 0.3) is 0 Å². The first-order chi connectivity index (χ1) is 4.81. The maximum atomic E-state index is 5.25. The van der Waals surface area contributed by atoms with Gasteiger partial charge >= 0.3 is 0 Å². The summed E-state index contributed by atoms with van der Waals surface area (Å²) in [4.78, 5) is 0. The smallest absolute Gasteiger partial charge is 0.161 e. The van der Waals surface area contributed by atoms with Crippen LogP contribution in [-0.4, -0.2) is 15.4 Å². The molecule has 0 heterocycles. The van der Waals surface area contributed by atoms with Crippen LogP contribution in [0.4, 0.5) is 0 Å². The molecule has 0 rings (SSSR count). The van der Waals surface area contributed by atoms with Crippen LogP contribution in [-0.2, 0) is 4.74 Å². The average Bonchev–Trinajstić information content (AvgIpc) is 1.89. The molecule has 0 radical (unpaired) electrons. The van der Waals surface area contributed by atoms with Gasteiger partial charge in [0.15, 0.2) is 4.23 Å². The third kappa shape index (κ3) is 7.49. The lowest BCUT2D eigenvalue weighted by Crippen LogP contribution is -2.26. The van der Waals surface area contributed by atoms with Gasteiger partial charge < -0.3 is 4.74 Å². The van der Waals surface area contributed by atoms with Crippen LogP contribution in [0, 0.1) is 0 Å². The van der Waals surface area contributed by atoms with Crippen LogP contribution >= 0.6 is 45.2 Å². The van der Waals surface area contributed by atoms with Crippen molar-refractivity contribution in [3.63, 3.8) is 0 Å². The number of halogens is 2. The summed E-state index contributed by atoms with van der Waals surface area (Å²) >= 11 is 4.44. The van der Waals surface area contributed by atoms with E-state index in [0.717, 1.165) is 11.2 Å². The Labute approximate surface area is 89.8 Å². The summed E-state index contributed by atoms with van der Waals surface area (Å²) in [7, 11) is 0. The molecule has 0 aliphatic heterocycles. The molecule has 0 amide bonds. The molecule has 0 aromatic rings. The Morgan fingerprint density at radius 2 is 2.30 bits per heavy atom. The highest BCUT2D eigenvalue weighted by atomic mass is 127. The standard InChI is InChI=1S/C6H13I2NO/c1-2-3-4-9-6(8)10-5-7/h6,9H,2-5H2,1H3. The normalized spacial score (nSPS) is 13.5. The van der Waals surface area contributed by atoms with Gasteiger partial charge in [-0.1, -0.05) is 35.9 Å². The Bertz CT molecular complexity index is 72.8. The number of nitrogens with one attached hydrogen (secondary N) is 1. The van der Waals surface area contributed by atoms with E-state index in [4.69, 9.17) is 4.74 Å². The van der Waals surface area contributed by atoms with E-state index in [0.29, 0.717) is 0 Å². The van der Waals surface area contributed by atoms with Crippen LogP contribution in [0.3, 0.4) is 0 Å². The molecule has 1 atom stereocenters. The summed E-state index contributed by atoms with van der Waals surface area (Å²) in [6.07, 6.45) is 2.46. The zero-order valence-electron chi connectivity index (χ0n) is 6.07. The van der Waals surface area contributed by atoms with E-state index in [2.05, 4.69) is 57.4 Å². The minimum atomic E-state index is 0.182. The molecule has 2 nitrogen and oxygen atoms in total. The Hall–Kier alpha value is 1.38. The average molecular weight is 369 g/mol. The van der Waals surface area contributed by atoms with E-state index in [1.54, 1.807) is 0 Å². The molecule has 1 N–H and O–H groups in total. The van der Waals surface area contributed by atoms with Crippen molar-refractivity contribution in [2.24, 2.45) is 0 Å². The zero-order valence-corrected chi connectivity index (χ0v) is 10.4. The first-order valence-corrected chi connectivity index (χ1v) is 6.13. The Morgan fingerprint density at radius 1 is 1.60 bits per heavy atom. The molecule has 0 aromatic heterocycles. The SMILES string of the molecule is CCCCNC(I)OCI. The topological polar surface area (TPSA) is 21.3 Å². The third-order valence-corrected chi connectivity index (χ3v) is 2.20. The van der Waals surface area contributed by atoms with E-state index < -0.39 is 0 Å². The highest BCUT2D eigenvalue weighted by molar-refractivity contribution is 14.1. The van der Waals surface area contributed by atoms with Crippen LogP contribution in [0.2, 0.25) is 0 Å². The number of hydrogen-bond acceptors (Lipinski definition) is 2. The number of alkyl halides is 2. The van der Waals surface area contributed by atoms with Gasteiger partial charge in [-0.2, -0.15) is 0 Å². The number of unbranched alkanes of at least 4 members (excludes halogenated alkanes) is 1. The molecule has 4 heteroatoms. The molecule has 1 unspecified atom stereocenters. The zero-order chi connectivity index (χ0) is 7.82. The highest BCUT2D eigenvalue weighted by Crippen LogP contribution is 2.00. The van der Waals surface area contributed by atoms with E-state index in [-0.39, 0.29) is 4.23 Å². The molecular formula is C6H13I2NO. The number of rotatable bonds is 6. The monoisotopic (exact) mass is 369 g/mol. The minimum Gasteiger partial charge on any atom is -0.344 e. The van der Waals surface area contributed by atoms with Crippen molar-refractivity contribution in [3.8, 4) is 0 Å². The first kappa shape index (κ1) is 11.4. The fourth-order valence-corrected chi connectivity index (χ4v) is 2.05. The molecule has 0 aromatic carbocycles. The molecule has 0 saturated heterocycles.